The van der Waals surface area contributed by atoms with E-state index in [0.29, 0.717) is 5.69 Å². The molecule has 0 unspecified atom stereocenters. The lowest BCUT2D eigenvalue weighted by atomic mass is 10.3. The molecule has 0 aliphatic heterocycles. The van der Waals surface area contributed by atoms with E-state index in [1.165, 1.54) is 53.3 Å². The SMILES string of the molecule is O=C(Nc1cccc(Cl)c1SC(F)F)c1ccn(-c2cccc([N+](=O)[O-])c2)n1. The summed E-state index contributed by atoms with van der Waals surface area (Å²) >= 11 is 6.17. The van der Waals surface area contributed by atoms with Crippen LogP contribution in [0.5, 0.6) is 0 Å². The molecule has 1 heterocycles. The minimum atomic E-state index is -2.70. The second-order valence-corrected chi connectivity index (χ2v) is 6.78. The van der Waals surface area contributed by atoms with Crippen molar-refractivity contribution in [3.05, 3.63) is 75.6 Å². The van der Waals surface area contributed by atoms with Gasteiger partial charge in [-0.05, 0) is 24.3 Å². The molecule has 1 aromatic heterocycles. The van der Waals surface area contributed by atoms with Gasteiger partial charge in [0, 0.05) is 18.3 Å². The molecule has 0 aliphatic carbocycles. The van der Waals surface area contributed by atoms with E-state index < -0.39 is 16.6 Å². The van der Waals surface area contributed by atoms with Crippen LogP contribution in [0.15, 0.2) is 59.6 Å². The molecule has 0 aliphatic rings. The molecular formula is C17H11ClF2N4O3S. The Bertz CT molecular complexity index is 1040. The van der Waals surface area contributed by atoms with Crippen LogP contribution in [0, 0.1) is 10.1 Å². The van der Waals surface area contributed by atoms with Gasteiger partial charge in [-0.1, -0.05) is 35.5 Å². The fourth-order valence-corrected chi connectivity index (χ4v) is 3.25. The first kappa shape index (κ1) is 19.8. The molecule has 3 aromatic rings. The summed E-state index contributed by atoms with van der Waals surface area (Å²) in [5.41, 5.74) is 0.406. The number of carbonyl (C=O) groups excluding carboxylic acids is 1. The van der Waals surface area contributed by atoms with E-state index in [1.54, 1.807) is 6.07 Å². The zero-order chi connectivity index (χ0) is 20.3. The van der Waals surface area contributed by atoms with E-state index in [-0.39, 0.29) is 38.7 Å². The summed E-state index contributed by atoms with van der Waals surface area (Å²) in [6.45, 7) is 0. The van der Waals surface area contributed by atoms with Gasteiger partial charge in [0.25, 0.3) is 17.4 Å². The highest BCUT2D eigenvalue weighted by molar-refractivity contribution is 7.99. The van der Waals surface area contributed by atoms with Gasteiger partial charge in [0.2, 0.25) is 0 Å². The van der Waals surface area contributed by atoms with Gasteiger partial charge in [0.1, 0.15) is 0 Å². The van der Waals surface area contributed by atoms with Crippen LogP contribution in [0.1, 0.15) is 10.5 Å². The number of hydrogen-bond donors (Lipinski definition) is 1. The Morgan fingerprint density at radius 2 is 2.00 bits per heavy atom. The van der Waals surface area contributed by atoms with Gasteiger partial charge in [0.05, 0.1) is 26.2 Å². The third kappa shape index (κ3) is 4.46. The number of thioether (sulfide) groups is 1. The summed E-state index contributed by atoms with van der Waals surface area (Å²) in [5, 5.41) is 17.6. The number of nitro groups is 1. The maximum atomic E-state index is 12.7. The summed E-state index contributed by atoms with van der Waals surface area (Å²) in [5.74, 6) is -3.34. The number of rotatable bonds is 6. The van der Waals surface area contributed by atoms with Crippen LogP contribution in [-0.2, 0) is 0 Å². The molecule has 0 atom stereocenters. The molecule has 2 aromatic carbocycles. The van der Waals surface area contributed by atoms with Crippen molar-refractivity contribution in [1.29, 1.82) is 0 Å². The second kappa shape index (κ2) is 8.36. The lowest BCUT2D eigenvalue weighted by molar-refractivity contribution is -0.384. The molecule has 3 rings (SSSR count). The van der Waals surface area contributed by atoms with Crippen LogP contribution < -0.4 is 5.32 Å². The summed E-state index contributed by atoms with van der Waals surface area (Å²) in [6, 6.07) is 11.6. The lowest BCUT2D eigenvalue weighted by Gasteiger charge is -2.11. The third-order valence-corrected chi connectivity index (χ3v) is 4.83. The smallest absolute Gasteiger partial charge is 0.289 e. The topological polar surface area (TPSA) is 90.1 Å². The first-order valence-corrected chi connectivity index (χ1v) is 8.96. The van der Waals surface area contributed by atoms with Crippen molar-refractivity contribution in [3.63, 3.8) is 0 Å². The number of carbonyl (C=O) groups is 1. The molecule has 11 heteroatoms. The van der Waals surface area contributed by atoms with Gasteiger partial charge in [-0.2, -0.15) is 13.9 Å². The second-order valence-electron chi connectivity index (χ2n) is 5.37. The van der Waals surface area contributed by atoms with Gasteiger partial charge in [-0.3, -0.25) is 14.9 Å². The molecule has 0 spiro atoms. The van der Waals surface area contributed by atoms with Crippen LogP contribution in [0.4, 0.5) is 20.2 Å². The van der Waals surface area contributed by atoms with Gasteiger partial charge in [-0.15, -0.1) is 0 Å². The summed E-state index contributed by atoms with van der Waals surface area (Å²) < 4.78 is 26.8. The Balaban J connectivity index is 1.83. The number of amides is 1. The Morgan fingerprint density at radius 1 is 1.25 bits per heavy atom. The standard InChI is InChI=1S/C17H11ClF2N4O3S/c18-12-5-2-6-13(15(12)28-17(19)20)21-16(25)14-7-8-23(22-14)10-3-1-4-11(9-10)24(26)27/h1-9,17H,(H,21,25). The lowest BCUT2D eigenvalue weighted by Crippen LogP contribution is -2.14. The number of nitro benzene ring substituents is 1. The Kier molecular flexibility index (Phi) is 5.90. The number of anilines is 1. The number of aromatic nitrogens is 2. The van der Waals surface area contributed by atoms with Gasteiger partial charge in [0.15, 0.2) is 5.69 Å². The fraction of sp³-hybridized carbons (Fsp3) is 0.0588. The van der Waals surface area contributed by atoms with Crippen LogP contribution in [-0.4, -0.2) is 26.4 Å². The van der Waals surface area contributed by atoms with Crippen molar-refractivity contribution in [2.45, 2.75) is 10.7 Å². The van der Waals surface area contributed by atoms with Crippen LogP contribution in [0.2, 0.25) is 5.02 Å². The molecule has 7 nitrogen and oxygen atoms in total. The maximum absolute atomic E-state index is 12.7. The fourth-order valence-electron chi connectivity index (χ4n) is 2.34. The molecule has 0 bridgehead atoms. The van der Waals surface area contributed by atoms with Crippen molar-refractivity contribution < 1.29 is 18.5 Å². The summed E-state index contributed by atoms with van der Waals surface area (Å²) in [7, 11) is 0. The molecule has 28 heavy (non-hydrogen) atoms. The minimum absolute atomic E-state index is 0.000483. The minimum Gasteiger partial charge on any atom is -0.319 e. The number of benzene rings is 2. The number of hydrogen-bond acceptors (Lipinski definition) is 5. The van der Waals surface area contributed by atoms with E-state index in [4.69, 9.17) is 11.6 Å². The highest BCUT2D eigenvalue weighted by atomic mass is 35.5. The van der Waals surface area contributed by atoms with Crippen LogP contribution >= 0.6 is 23.4 Å². The average molecular weight is 425 g/mol. The van der Waals surface area contributed by atoms with E-state index >= 15 is 0 Å². The Morgan fingerprint density at radius 3 is 2.71 bits per heavy atom. The molecule has 0 saturated heterocycles. The van der Waals surface area contributed by atoms with E-state index in [1.807, 2.05) is 0 Å². The molecule has 0 radical (unpaired) electrons. The Hall–Kier alpha value is -2.98. The van der Waals surface area contributed by atoms with Gasteiger partial charge >= 0.3 is 0 Å². The van der Waals surface area contributed by atoms with Crippen molar-refractivity contribution in [2.75, 3.05) is 5.32 Å². The van der Waals surface area contributed by atoms with E-state index in [9.17, 15) is 23.7 Å². The van der Waals surface area contributed by atoms with Crippen molar-refractivity contribution in [2.24, 2.45) is 0 Å². The van der Waals surface area contributed by atoms with Crippen molar-refractivity contribution in [1.82, 2.24) is 9.78 Å². The highest BCUT2D eigenvalue weighted by Gasteiger charge is 2.18. The first-order chi connectivity index (χ1) is 13.3. The monoisotopic (exact) mass is 424 g/mol. The van der Waals surface area contributed by atoms with E-state index in [0.717, 1.165) is 0 Å². The predicted octanol–water partition coefficient (Wildman–Crippen LogP) is 5.00. The quantitative estimate of drug-likeness (QED) is 0.341. The third-order valence-electron chi connectivity index (χ3n) is 3.55. The maximum Gasteiger partial charge on any atom is 0.289 e. The Labute approximate surface area is 166 Å². The summed E-state index contributed by atoms with van der Waals surface area (Å²) in [6.07, 6.45) is 1.46. The largest absolute Gasteiger partial charge is 0.319 e. The molecular weight excluding hydrogens is 414 g/mol. The number of halogens is 3. The van der Waals surface area contributed by atoms with Gasteiger partial charge in [-0.25, -0.2) is 4.68 Å². The normalized spacial score (nSPS) is 10.9. The average Bonchev–Trinajstić information content (AvgIpc) is 3.15. The molecule has 1 N–H and O–H groups in total. The zero-order valence-electron chi connectivity index (χ0n) is 13.9. The molecule has 1 amide bonds. The van der Waals surface area contributed by atoms with Crippen LogP contribution in [0.25, 0.3) is 5.69 Å². The van der Waals surface area contributed by atoms with Crippen molar-refractivity contribution >= 4 is 40.6 Å². The van der Waals surface area contributed by atoms with Gasteiger partial charge < -0.3 is 5.32 Å². The molecule has 0 saturated carbocycles. The first-order valence-electron chi connectivity index (χ1n) is 7.70. The number of nitrogens with zero attached hydrogens (tertiary/aromatic N) is 3. The number of non-ortho nitro benzene ring substituents is 1. The van der Waals surface area contributed by atoms with E-state index in [2.05, 4.69) is 10.4 Å². The van der Waals surface area contributed by atoms with Crippen molar-refractivity contribution in [3.8, 4) is 5.69 Å². The molecule has 0 fully saturated rings. The number of alkyl halides is 2. The number of nitrogens with one attached hydrogen (secondary N) is 1. The highest BCUT2D eigenvalue weighted by Crippen LogP contribution is 2.37. The predicted molar refractivity (Wildman–Crippen MR) is 101 cm³/mol. The molecule has 144 valence electrons. The van der Waals surface area contributed by atoms with Crippen LogP contribution in [0.3, 0.4) is 0 Å². The summed E-state index contributed by atoms with van der Waals surface area (Å²) in [4.78, 5) is 22.8. The zero-order valence-corrected chi connectivity index (χ0v) is 15.5.